The highest BCUT2D eigenvalue weighted by molar-refractivity contribution is 5.28. The molecule has 2 aliphatic rings. The molecule has 1 aromatic carbocycles. The Bertz CT molecular complexity index is 443. The first-order valence-corrected chi connectivity index (χ1v) is 8.96. The zero-order chi connectivity index (χ0) is 14.8. The van der Waals surface area contributed by atoms with E-state index in [1.54, 1.807) is 5.56 Å². The fraction of sp³-hybridized carbons (Fsp3) is 0.700. The van der Waals surface area contributed by atoms with Crippen LogP contribution < -0.4 is 5.32 Å². The average Bonchev–Trinajstić information content (AvgIpc) is 3.30. The standard InChI is InChI=1S/C20H31N/c1-14(2)16-6-8-17(9-7-16)20-12-15(3)4-5-18(20)13-21-19-10-11-19/h6-9,14-15,18-21H,4-5,10-13H2,1-3H3. The average molecular weight is 285 g/mol. The Kier molecular flexibility index (Phi) is 4.69. The molecule has 1 heteroatoms. The van der Waals surface area contributed by atoms with Crippen molar-refractivity contribution in [3.8, 4) is 0 Å². The molecule has 0 radical (unpaired) electrons. The minimum Gasteiger partial charge on any atom is -0.314 e. The molecule has 3 atom stereocenters. The summed E-state index contributed by atoms with van der Waals surface area (Å²) in [6.45, 7) is 8.22. The van der Waals surface area contributed by atoms with Gasteiger partial charge in [0.1, 0.15) is 0 Å². The predicted molar refractivity (Wildman–Crippen MR) is 90.8 cm³/mol. The third kappa shape index (κ3) is 3.88. The number of hydrogen-bond donors (Lipinski definition) is 1. The van der Waals surface area contributed by atoms with E-state index in [9.17, 15) is 0 Å². The maximum Gasteiger partial charge on any atom is 0.00683 e. The predicted octanol–water partition coefficient (Wildman–Crippen LogP) is 5.08. The van der Waals surface area contributed by atoms with Gasteiger partial charge in [0.15, 0.2) is 0 Å². The molecule has 3 unspecified atom stereocenters. The van der Waals surface area contributed by atoms with E-state index in [2.05, 4.69) is 50.4 Å². The van der Waals surface area contributed by atoms with Gasteiger partial charge in [-0.1, -0.05) is 51.5 Å². The number of nitrogens with one attached hydrogen (secondary N) is 1. The Balaban J connectivity index is 1.70. The molecule has 0 heterocycles. The van der Waals surface area contributed by atoms with Gasteiger partial charge in [-0.05, 0) is 67.0 Å². The van der Waals surface area contributed by atoms with Crippen LogP contribution in [0.25, 0.3) is 0 Å². The van der Waals surface area contributed by atoms with Crippen molar-refractivity contribution in [3.05, 3.63) is 35.4 Å². The Hall–Kier alpha value is -0.820. The summed E-state index contributed by atoms with van der Waals surface area (Å²) in [5, 5.41) is 3.77. The molecule has 0 aliphatic heterocycles. The zero-order valence-corrected chi connectivity index (χ0v) is 13.9. The molecule has 0 aromatic heterocycles. The van der Waals surface area contributed by atoms with Crippen LogP contribution in [0, 0.1) is 11.8 Å². The van der Waals surface area contributed by atoms with Gasteiger partial charge in [0.25, 0.3) is 0 Å². The fourth-order valence-corrected chi connectivity index (χ4v) is 3.83. The molecule has 0 saturated heterocycles. The normalized spacial score (nSPS) is 29.8. The van der Waals surface area contributed by atoms with Gasteiger partial charge in [-0.2, -0.15) is 0 Å². The van der Waals surface area contributed by atoms with E-state index < -0.39 is 0 Å². The summed E-state index contributed by atoms with van der Waals surface area (Å²) in [6, 6.07) is 10.4. The van der Waals surface area contributed by atoms with Gasteiger partial charge in [-0.25, -0.2) is 0 Å². The molecule has 1 N–H and O–H groups in total. The number of benzene rings is 1. The maximum absolute atomic E-state index is 3.77. The van der Waals surface area contributed by atoms with Gasteiger partial charge in [0, 0.05) is 6.04 Å². The van der Waals surface area contributed by atoms with Gasteiger partial charge in [-0.3, -0.25) is 0 Å². The second kappa shape index (κ2) is 6.52. The first-order valence-electron chi connectivity index (χ1n) is 8.96. The summed E-state index contributed by atoms with van der Waals surface area (Å²) in [5.41, 5.74) is 3.05. The number of rotatable bonds is 5. The van der Waals surface area contributed by atoms with Crippen LogP contribution in [0.1, 0.15) is 75.8 Å². The van der Waals surface area contributed by atoms with Crippen molar-refractivity contribution in [1.29, 1.82) is 0 Å². The third-order valence-electron chi connectivity index (χ3n) is 5.53. The summed E-state index contributed by atoms with van der Waals surface area (Å²) in [4.78, 5) is 0. The van der Waals surface area contributed by atoms with E-state index in [0.717, 1.165) is 23.8 Å². The molecule has 2 saturated carbocycles. The van der Waals surface area contributed by atoms with Crippen LogP contribution >= 0.6 is 0 Å². The monoisotopic (exact) mass is 285 g/mol. The molecule has 1 aromatic rings. The smallest absolute Gasteiger partial charge is 0.00683 e. The molecule has 116 valence electrons. The minimum atomic E-state index is 0.636. The topological polar surface area (TPSA) is 12.0 Å². The first-order chi connectivity index (χ1) is 10.1. The van der Waals surface area contributed by atoms with Crippen LogP contribution in [-0.4, -0.2) is 12.6 Å². The van der Waals surface area contributed by atoms with E-state index in [0.29, 0.717) is 5.92 Å². The summed E-state index contributed by atoms with van der Waals surface area (Å²) in [7, 11) is 0. The highest BCUT2D eigenvalue weighted by atomic mass is 14.9. The Labute approximate surface area is 130 Å². The lowest BCUT2D eigenvalue weighted by Gasteiger charge is -2.35. The van der Waals surface area contributed by atoms with Gasteiger partial charge in [0.2, 0.25) is 0 Å². The lowest BCUT2D eigenvalue weighted by atomic mass is 9.71. The molecular formula is C20H31N. The van der Waals surface area contributed by atoms with Crippen LogP contribution in [0.4, 0.5) is 0 Å². The largest absolute Gasteiger partial charge is 0.314 e. The van der Waals surface area contributed by atoms with Gasteiger partial charge in [-0.15, -0.1) is 0 Å². The SMILES string of the molecule is CC1CCC(CNC2CC2)C(c2ccc(C(C)C)cc2)C1. The molecule has 0 bridgehead atoms. The molecule has 3 rings (SSSR count). The van der Waals surface area contributed by atoms with Gasteiger partial charge < -0.3 is 5.32 Å². The lowest BCUT2D eigenvalue weighted by molar-refractivity contribution is 0.241. The van der Waals surface area contributed by atoms with Gasteiger partial charge >= 0.3 is 0 Å². The van der Waals surface area contributed by atoms with E-state index in [1.165, 1.54) is 44.2 Å². The van der Waals surface area contributed by atoms with Crippen LogP contribution in [0.5, 0.6) is 0 Å². The van der Waals surface area contributed by atoms with E-state index in [4.69, 9.17) is 0 Å². The van der Waals surface area contributed by atoms with Crippen molar-refractivity contribution in [2.75, 3.05) is 6.54 Å². The summed E-state index contributed by atoms with van der Waals surface area (Å²) >= 11 is 0. The van der Waals surface area contributed by atoms with Crippen LogP contribution in [-0.2, 0) is 0 Å². The zero-order valence-electron chi connectivity index (χ0n) is 13.9. The molecular weight excluding hydrogens is 254 g/mol. The molecule has 21 heavy (non-hydrogen) atoms. The van der Waals surface area contributed by atoms with Crippen molar-refractivity contribution in [2.24, 2.45) is 11.8 Å². The molecule has 0 amide bonds. The second-order valence-electron chi connectivity index (χ2n) is 7.79. The van der Waals surface area contributed by atoms with Crippen molar-refractivity contribution >= 4 is 0 Å². The summed E-state index contributed by atoms with van der Waals surface area (Å²) < 4.78 is 0. The van der Waals surface area contributed by atoms with Crippen molar-refractivity contribution in [3.63, 3.8) is 0 Å². The Morgan fingerprint density at radius 2 is 1.76 bits per heavy atom. The van der Waals surface area contributed by atoms with Crippen LogP contribution in [0.2, 0.25) is 0 Å². The lowest BCUT2D eigenvalue weighted by Crippen LogP contribution is -2.32. The highest BCUT2D eigenvalue weighted by Crippen LogP contribution is 2.40. The summed E-state index contributed by atoms with van der Waals surface area (Å²) in [5.74, 6) is 3.13. The number of hydrogen-bond acceptors (Lipinski definition) is 1. The van der Waals surface area contributed by atoms with Crippen molar-refractivity contribution < 1.29 is 0 Å². The van der Waals surface area contributed by atoms with E-state index in [1.807, 2.05) is 0 Å². The third-order valence-corrected chi connectivity index (χ3v) is 5.53. The molecule has 2 aliphatic carbocycles. The quantitative estimate of drug-likeness (QED) is 0.795. The highest BCUT2D eigenvalue weighted by Gasteiger charge is 2.31. The molecule has 2 fully saturated rings. The van der Waals surface area contributed by atoms with Crippen LogP contribution in [0.3, 0.4) is 0 Å². The Morgan fingerprint density at radius 1 is 1.05 bits per heavy atom. The van der Waals surface area contributed by atoms with Crippen LogP contribution in [0.15, 0.2) is 24.3 Å². The maximum atomic E-state index is 3.77. The summed E-state index contributed by atoms with van der Waals surface area (Å²) in [6.07, 6.45) is 6.99. The van der Waals surface area contributed by atoms with E-state index >= 15 is 0 Å². The van der Waals surface area contributed by atoms with Gasteiger partial charge in [0.05, 0.1) is 0 Å². The van der Waals surface area contributed by atoms with Crippen molar-refractivity contribution in [2.45, 2.75) is 70.8 Å². The first kappa shape index (κ1) is 15.1. The fourth-order valence-electron chi connectivity index (χ4n) is 3.83. The van der Waals surface area contributed by atoms with Crippen molar-refractivity contribution in [1.82, 2.24) is 5.32 Å². The molecule has 0 spiro atoms. The molecule has 1 nitrogen and oxygen atoms in total. The minimum absolute atomic E-state index is 0.636. The Morgan fingerprint density at radius 3 is 2.38 bits per heavy atom. The van der Waals surface area contributed by atoms with E-state index in [-0.39, 0.29) is 0 Å². The second-order valence-corrected chi connectivity index (χ2v) is 7.79.